The Morgan fingerprint density at radius 2 is 1.62 bits per heavy atom. The van der Waals surface area contributed by atoms with Crippen molar-refractivity contribution in [3.8, 4) is 0 Å². The highest BCUT2D eigenvalue weighted by Gasteiger charge is 2.08. The molecule has 2 N–H and O–H groups in total. The van der Waals surface area contributed by atoms with Gasteiger partial charge in [-0.2, -0.15) is 0 Å². The van der Waals surface area contributed by atoms with Gasteiger partial charge in [0.1, 0.15) is 11.6 Å². The molecule has 0 unspecified atom stereocenters. The van der Waals surface area contributed by atoms with Crippen molar-refractivity contribution in [1.29, 1.82) is 0 Å². The van der Waals surface area contributed by atoms with Gasteiger partial charge in [-0.15, -0.1) is 0 Å². The Kier molecular flexibility index (Phi) is 4.61. The second kappa shape index (κ2) is 6.60. The van der Waals surface area contributed by atoms with Gasteiger partial charge in [0.05, 0.1) is 6.42 Å². The fourth-order valence-electron chi connectivity index (χ4n) is 1.66. The van der Waals surface area contributed by atoms with Gasteiger partial charge in [-0.25, -0.2) is 8.78 Å². The van der Waals surface area contributed by atoms with E-state index in [1.165, 1.54) is 42.5 Å². The molecule has 0 heterocycles. The average Bonchev–Trinajstić information content (AvgIpc) is 2.47. The number of benzene rings is 2. The lowest BCUT2D eigenvalue weighted by Gasteiger charge is -2.07. The predicted octanol–water partition coefficient (Wildman–Crippen LogP) is 1.97. The summed E-state index contributed by atoms with van der Waals surface area (Å²) < 4.78 is 25.7. The maximum Gasteiger partial charge on any atom is 0.269 e. The zero-order valence-corrected chi connectivity index (χ0v) is 10.9. The highest BCUT2D eigenvalue weighted by Crippen LogP contribution is 2.04. The molecule has 108 valence electrons. The Hall–Kier alpha value is -2.76. The van der Waals surface area contributed by atoms with E-state index in [9.17, 15) is 18.4 Å². The molecule has 0 atom stereocenters. The summed E-state index contributed by atoms with van der Waals surface area (Å²) in [6, 6.07) is 10.5. The third-order valence-electron chi connectivity index (χ3n) is 2.68. The summed E-state index contributed by atoms with van der Waals surface area (Å²) in [6.45, 7) is 0. The summed E-state index contributed by atoms with van der Waals surface area (Å²) in [5.41, 5.74) is 5.09. The standard InChI is InChI=1S/C15H12F2N2O2/c16-12-6-4-10(5-7-12)8-14(20)18-19-15(21)11-2-1-3-13(17)9-11/h1-7,9H,8H2,(H,18,20)(H,19,21). The van der Waals surface area contributed by atoms with E-state index < -0.39 is 23.4 Å². The Labute approximate surface area is 119 Å². The van der Waals surface area contributed by atoms with E-state index in [-0.39, 0.29) is 12.0 Å². The van der Waals surface area contributed by atoms with E-state index in [2.05, 4.69) is 10.9 Å². The fourth-order valence-corrected chi connectivity index (χ4v) is 1.66. The maximum absolute atomic E-state index is 12.9. The van der Waals surface area contributed by atoms with Crippen LogP contribution in [-0.2, 0) is 11.2 Å². The number of rotatable bonds is 3. The van der Waals surface area contributed by atoms with Crippen LogP contribution in [0.25, 0.3) is 0 Å². The molecule has 6 heteroatoms. The van der Waals surface area contributed by atoms with Crippen molar-refractivity contribution in [3.63, 3.8) is 0 Å². The predicted molar refractivity (Wildman–Crippen MR) is 72.1 cm³/mol. The van der Waals surface area contributed by atoms with E-state index in [0.717, 1.165) is 6.07 Å². The van der Waals surface area contributed by atoms with E-state index in [1.807, 2.05) is 0 Å². The minimum absolute atomic E-state index is 0.0102. The van der Waals surface area contributed by atoms with Crippen molar-refractivity contribution >= 4 is 11.8 Å². The van der Waals surface area contributed by atoms with Gasteiger partial charge < -0.3 is 0 Å². The van der Waals surface area contributed by atoms with Crippen LogP contribution in [-0.4, -0.2) is 11.8 Å². The molecule has 0 aliphatic heterocycles. The molecule has 0 fully saturated rings. The smallest absolute Gasteiger partial charge is 0.269 e. The van der Waals surface area contributed by atoms with Crippen LogP contribution in [0.3, 0.4) is 0 Å². The van der Waals surface area contributed by atoms with E-state index in [4.69, 9.17) is 0 Å². The lowest BCUT2D eigenvalue weighted by atomic mass is 10.1. The molecular formula is C15H12F2N2O2. The van der Waals surface area contributed by atoms with Crippen molar-refractivity contribution in [3.05, 3.63) is 71.3 Å². The molecule has 0 aromatic heterocycles. The summed E-state index contributed by atoms with van der Waals surface area (Å²) in [4.78, 5) is 23.3. The number of halogens is 2. The SMILES string of the molecule is O=C(Cc1ccc(F)cc1)NNC(=O)c1cccc(F)c1. The lowest BCUT2D eigenvalue weighted by Crippen LogP contribution is -2.42. The van der Waals surface area contributed by atoms with Crippen molar-refractivity contribution in [2.24, 2.45) is 0 Å². The minimum atomic E-state index is -0.623. The van der Waals surface area contributed by atoms with E-state index in [1.54, 1.807) is 0 Å². The number of hydrazine groups is 1. The van der Waals surface area contributed by atoms with Gasteiger partial charge in [0.2, 0.25) is 5.91 Å². The van der Waals surface area contributed by atoms with Gasteiger partial charge in [0.25, 0.3) is 5.91 Å². The van der Waals surface area contributed by atoms with E-state index in [0.29, 0.717) is 5.56 Å². The second-order valence-corrected chi connectivity index (χ2v) is 4.32. The first kappa shape index (κ1) is 14.6. The molecule has 2 aromatic carbocycles. The number of carbonyl (C=O) groups excluding carboxylic acids is 2. The number of hydrogen-bond acceptors (Lipinski definition) is 2. The van der Waals surface area contributed by atoms with Crippen molar-refractivity contribution in [2.45, 2.75) is 6.42 Å². The summed E-state index contributed by atoms with van der Waals surface area (Å²) in [5, 5.41) is 0. The van der Waals surface area contributed by atoms with Crippen molar-refractivity contribution in [2.75, 3.05) is 0 Å². The van der Waals surface area contributed by atoms with Crippen LogP contribution in [0.2, 0.25) is 0 Å². The summed E-state index contributed by atoms with van der Waals surface area (Å²) in [5.74, 6) is -2.02. The van der Waals surface area contributed by atoms with Crippen molar-refractivity contribution < 1.29 is 18.4 Å². The largest absolute Gasteiger partial charge is 0.273 e. The average molecular weight is 290 g/mol. The third kappa shape index (κ3) is 4.38. The van der Waals surface area contributed by atoms with Gasteiger partial charge in [0.15, 0.2) is 0 Å². The molecule has 0 radical (unpaired) electrons. The van der Waals surface area contributed by atoms with E-state index >= 15 is 0 Å². The summed E-state index contributed by atoms with van der Waals surface area (Å²) >= 11 is 0. The van der Waals surface area contributed by atoms with Crippen LogP contribution in [0.1, 0.15) is 15.9 Å². The molecule has 2 rings (SSSR count). The quantitative estimate of drug-likeness (QED) is 0.849. The number of amides is 2. The monoisotopic (exact) mass is 290 g/mol. The van der Waals surface area contributed by atoms with Crippen LogP contribution in [0.4, 0.5) is 8.78 Å². The maximum atomic E-state index is 12.9. The molecule has 4 nitrogen and oxygen atoms in total. The molecule has 21 heavy (non-hydrogen) atoms. The lowest BCUT2D eigenvalue weighted by molar-refractivity contribution is -0.121. The van der Waals surface area contributed by atoms with Crippen LogP contribution < -0.4 is 10.9 Å². The van der Waals surface area contributed by atoms with Crippen LogP contribution in [0.5, 0.6) is 0 Å². The highest BCUT2D eigenvalue weighted by molar-refractivity contribution is 5.95. The molecule has 0 aliphatic carbocycles. The second-order valence-electron chi connectivity index (χ2n) is 4.32. The van der Waals surface area contributed by atoms with Gasteiger partial charge in [0, 0.05) is 5.56 Å². The molecule has 0 aliphatic rings. The Morgan fingerprint density at radius 3 is 2.29 bits per heavy atom. The van der Waals surface area contributed by atoms with Crippen molar-refractivity contribution in [1.82, 2.24) is 10.9 Å². The molecule has 0 spiro atoms. The van der Waals surface area contributed by atoms with Gasteiger partial charge in [-0.05, 0) is 35.9 Å². The fraction of sp³-hybridized carbons (Fsp3) is 0.0667. The van der Waals surface area contributed by atoms with Gasteiger partial charge in [-0.3, -0.25) is 20.4 Å². The zero-order valence-electron chi connectivity index (χ0n) is 10.9. The number of carbonyl (C=O) groups is 2. The first-order chi connectivity index (χ1) is 10.0. The topological polar surface area (TPSA) is 58.2 Å². The highest BCUT2D eigenvalue weighted by atomic mass is 19.1. The molecule has 0 bridgehead atoms. The Bertz CT molecular complexity index is 657. The Balaban J connectivity index is 1.86. The van der Waals surface area contributed by atoms with Gasteiger partial charge >= 0.3 is 0 Å². The molecule has 2 aromatic rings. The van der Waals surface area contributed by atoms with Gasteiger partial charge in [-0.1, -0.05) is 18.2 Å². The number of nitrogens with one attached hydrogen (secondary N) is 2. The van der Waals surface area contributed by atoms with Crippen LogP contribution in [0, 0.1) is 11.6 Å². The number of hydrogen-bond donors (Lipinski definition) is 2. The Morgan fingerprint density at radius 1 is 0.905 bits per heavy atom. The third-order valence-corrected chi connectivity index (χ3v) is 2.68. The van der Waals surface area contributed by atoms with Crippen LogP contribution >= 0.6 is 0 Å². The summed E-state index contributed by atoms with van der Waals surface area (Å²) in [6.07, 6.45) is -0.0102. The first-order valence-electron chi connectivity index (χ1n) is 6.14. The minimum Gasteiger partial charge on any atom is -0.273 e. The molecule has 0 saturated carbocycles. The molecular weight excluding hydrogens is 278 g/mol. The first-order valence-corrected chi connectivity index (χ1v) is 6.14. The molecule has 2 amide bonds. The normalized spacial score (nSPS) is 10.0. The summed E-state index contributed by atoms with van der Waals surface area (Å²) in [7, 11) is 0. The zero-order chi connectivity index (χ0) is 15.2. The molecule has 0 saturated heterocycles. The van der Waals surface area contributed by atoms with Crippen LogP contribution in [0.15, 0.2) is 48.5 Å².